The summed E-state index contributed by atoms with van der Waals surface area (Å²) >= 11 is 0. The van der Waals surface area contributed by atoms with E-state index in [0.717, 1.165) is 29.5 Å². The Morgan fingerprint density at radius 3 is 2.36 bits per heavy atom. The smallest absolute Gasteiger partial charge is 0.316 e. The van der Waals surface area contributed by atoms with Gasteiger partial charge in [0, 0.05) is 12.6 Å². The van der Waals surface area contributed by atoms with Gasteiger partial charge in [0.15, 0.2) is 0 Å². The molecule has 4 rings (SSSR count). The van der Waals surface area contributed by atoms with Crippen molar-refractivity contribution < 1.29 is 19.7 Å². The van der Waals surface area contributed by atoms with Crippen molar-refractivity contribution in [1.82, 2.24) is 5.32 Å². The van der Waals surface area contributed by atoms with Gasteiger partial charge in [-0.15, -0.1) is 12.4 Å². The summed E-state index contributed by atoms with van der Waals surface area (Å²) in [7, 11) is 0. The van der Waals surface area contributed by atoms with Crippen molar-refractivity contribution in [1.29, 1.82) is 0 Å². The van der Waals surface area contributed by atoms with Crippen LogP contribution in [0.15, 0.2) is 78.9 Å². The molecule has 33 heavy (non-hydrogen) atoms. The number of hydrogen-bond donors (Lipinski definition) is 3. The fourth-order valence-electron chi connectivity index (χ4n) is 4.25. The van der Waals surface area contributed by atoms with E-state index in [1.165, 1.54) is 0 Å². The van der Waals surface area contributed by atoms with Crippen molar-refractivity contribution in [2.24, 2.45) is 5.41 Å². The van der Waals surface area contributed by atoms with E-state index in [1.54, 1.807) is 6.08 Å². The zero-order valence-electron chi connectivity index (χ0n) is 18.8. The Morgan fingerprint density at radius 1 is 1.12 bits per heavy atom. The number of carbonyl (C=O) groups is 1. The number of carboxylic acid groups (broad SMARTS) is 1. The molecule has 2 unspecified atom stereocenters. The van der Waals surface area contributed by atoms with E-state index in [4.69, 9.17) is 4.74 Å². The van der Waals surface area contributed by atoms with Gasteiger partial charge in [0.05, 0.1) is 18.3 Å². The Hall–Kier alpha value is -2.44. The number of ether oxygens (including phenoxy) is 1. The van der Waals surface area contributed by atoms with E-state index in [-0.39, 0.29) is 24.6 Å². The molecule has 3 N–H and O–H groups in total. The van der Waals surface area contributed by atoms with Gasteiger partial charge < -0.3 is 20.3 Å². The lowest BCUT2D eigenvalue weighted by molar-refractivity contribution is -0.154. The van der Waals surface area contributed by atoms with E-state index in [9.17, 15) is 15.0 Å². The minimum absolute atomic E-state index is 0. The number of aliphatic hydroxyl groups excluding tert-OH is 1. The van der Waals surface area contributed by atoms with Crippen molar-refractivity contribution in [3.05, 3.63) is 90.0 Å². The second-order valence-electron chi connectivity index (χ2n) is 8.86. The number of allylic oxidation sites excluding steroid dienone is 2. The molecular formula is C27H32ClNO4. The SMILES string of the molecule is C[C@H](CC1(C(=O)O)C=CC(c2ccccc2)=CC1OC1CC1)NC[C@H](O)c1ccccc1.Cl. The van der Waals surface area contributed by atoms with Crippen molar-refractivity contribution in [3.63, 3.8) is 0 Å². The Labute approximate surface area is 201 Å². The third-order valence-corrected chi connectivity index (χ3v) is 6.26. The Bertz CT molecular complexity index is 974. The van der Waals surface area contributed by atoms with Crippen molar-refractivity contribution in [3.8, 4) is 0 Å². The van der Waals surface area contributed by atoms with Crippen LogP contribution in [0.2, 0.25) is 0 Å². The molecule has 1 saturated carbocycles. The van der Waals surface area contributed by atoms with Gasteiger partial charge in [-0.1, -0.05) is 72.8 Å². The highest BCUT2D eigenvalue weighted by atomic mass is 35.5. The zero-order chi connectivity index (χ0) is 22.6. The highest BCUT2D eigenvalue weighted by Crippen LogP contribution is 2.42. The van der Waals surface area contributed by atoms with Crippen molar-refractivity contribution >= 4 is 23.9 Å². The quantitative estimate of drug-likeness (QED) is 0.466. The maximum Gasteiger partial charge on any atom is 0.316 e. The number of aliphatic carboxylic acids is 1. The van der Waals surface area contributed by atoms with Gasteiger partial charge in [0.1, 0.15) is 5.41 Å². The summed E-state index contributed by atoms with van der Waals surface area (Å²) in [6.07, 6.45) is 6.91. The summed E-state index contributed by atoms with van der Waals surface area (Å²) in [4.78, 5) is 12.6. The standard InChI is InChI=1S/C27H31NO4.ClH/c1-19(28-18-24(29)21-10-6-3-7-11-21)17-27(26(30)31)15-14-22(20-8-4-2-5-9-20)16-25(27)32-23-12-13-23;/h2-11,14-16,19,23-25,28-29H,12-13,17-18H2,1H3,(H,30,31);1H/t19-,24+,25?,27?;/m1./s1. The van der Waals surface area contributed by atoms with E-state index < -0.39 is 23.6 Å². The highest BCUT2D eigenvalue weighted by molar-refractivity contribution is 5.85. The van der Waals surface area contributed by atoms with E-state index in [2.05, 4.69) is 5.32 Å². The minimum atomic E-state index is -1.16. The first kappa shape index (κ1) is 25.2. The van der Waals surface area contributed by atoms with Crippen molar-refractivity contribution in [2.75, 3.05) is 6.54 Å². The number of carboxylic acids is 1. The normalized spacial score (nSPS) is 23.8. The Balaban J connectivity index is 0.00000306. The summed E-state index contributed by atoms with van der Waals surface area (Å²) in [5.74, 6) is -0.889. The minimum Gasteiger partial charge on any atom is -0.481 e. The Kier molecular flexibility index (Phi) is 8.49. The van der Waals surface area contributed by atoms with Crippen LogP contribution in [0, 0.1) is 5.41 Å². The predicted molar refractivity (Wildman–Crippen MR) is 132 cm³/mol. The first-order valence-corrected chi connectivity index (χ1v) is 11.3. The molecule has 2 aromatic carbocycles. The average Bonchev–Trinajstić information content (AvgIpc) is 3.63. The van der Waals surface area contributed by atoms with Crippen LogP contribution >= 0.6 is 12.4 Å². The molecule has 4 atom stereocenters. The van der Waals surface area contributed by atoms with Crippen LogP contribution in [0.5, 0.6) is 0 Å². The van der Waals surface area contributed by atoms with E-state index >= 15 is 0 Å². The van der Waals surface area contributed by atoms with Gasteiger partial charge in [-0.05, 0) is 49.0 Å². The van der Waals surface area contributed by atoms with Gasteiger partial charge >= 0.3 is 5.97 Å². The molecule has 0 amide bonds. The number of hydrogen-bond acceptors (Lipinski definition) is 4. The van der Waals surface area contributed by atoms with Crippen LogP contribution in [0.4, 0.5) is 0 Å². The molecule has 2 aliphatic carbocycles. The molecular weight excluding hydrogens is 438 g/mol. The number of rotatable bonds is 10. The first-order valence-electron chi connectivity index (χ1n) is 11.3. The number of aliphatic hydroxyl groups is 1. The molecule has 0 aliphatic heterocycles. The van der Waals surface area contributed by atoms with Gasteiger partial charge in [0.2, 0.25) is 0 Å². The van der Waals surface area contributed by atoms with Gasteiger partial charge in [-0.25, -0.2) is 0 Å². The van der Waals surface area contributed by atoms with Crippen LogP contribution in [0.3, 0.4) is 0 Å². The lowest BCUT2D eigenvalue weighted by Gasteiger charge is -2.38. The van der Waals surface area contributed by atoms with Gasteiger partial charge in [-0.3, -0.25) is 4.79 Å². The summed E-state index contributed by atoms with van der Waals surface area (Å²) < 4.78 is 6.24. The maximum atomic E-state index is 12.6. The largest absolute Gasteiger partial charge is 0.481 e. The molecule has 0 aromatic heterocycles. The highest BCUT2D eigenvalue weighted by Gasteiger charge is 2.48. The fraction of sp³-hybridized carbons (Fsp3) is 0.370. The van der Waals surface area contributed by atoms with E-state index in [0.29, 0.717) is 13.0 Å². The second-order valence-corrected chi connectivity index (χ2v) is 8.86. The third kappa shape index (κ3) is 6.12. The maximum absolute atomic E-state index is 12.6. The molecule has 6 heteroatoms. The first-order chi connectivity index (χ1) is 15.5. The summed E-state index contributed by atoms with van der Waals surface area (Å²) in [6, 6.07) is 19.3. The molecule has 176 valence electrons. The van der Waals surface area contributed by atoms with Crippen molar-refractivity contribution in [2.45, 2.75) is 50.5 Å². The average molecular weight is 470 g/mol. The van der Waals surface area contributed by atoms with Gasteiger partial charge in [0.25, 0.3) is 0 Å². The lowest BCUT2D eigenvalue weighted by Crippen LogP contribution is -2.47. The second kappa shape index (κ2) is 11.1. The molecule has 2 aromatic rings. The lowest BCUT2D eigenvalue weighted by atomic mass is 9.72. The molecule has 0 radical (unpaired) electrons. The van der Waals surface area contributed by atoms with Crippen LogP contribution in [-0.2, 0) is 9.53 Å². The summed E-state index contributed by atoms with van der Waals surface area (Å²) in [5.41, 5.74) is 1.70. The molecule has 0 heterocycles. The molecule has 0 bridgehead atoms. The van der Waals surface area contributed by atoms with Gasteiger partial charge in [-0.2, -0.15) is 0 Å². The van der Waals surface area contributed by atoms with E-state index in [1.807, 2.05) is 79.7 Å². The molecule has 1 fully saturated rings. The summed E-state index contributed by atoms with van der Waals surface area (Å²) in [5, 5.41) is 24.1. The fourth-order valence-corrected chi connectivity index (χ4v) is 4.25. The molecule has 0 spiro atoms. The third-order valence-electron chi connectivity index (χ3n) is 6.26. The van der Waals surface area contributed by atoms with Crippen LogP contribution in [-0.4, -0.2) is 41.0 Å². The molecule has 0 saturated heterocycles. The zero-order valence-corrected chi connectivity index (χ0v) is 19.6. The molecule has 2 aliphatic rings. The molecule has 5 nitrogen and oxygen atoms in total. The Morgan fingerprint density at radius 2 is 1.76 bits per heavy atom. The summed E-state index contributed by atoms with van der Waals surface area (Å²) in [6.45, 7) is 2.31. The van der Waals surface area contributed by atoms with Crippen LogP contribution < -0.4 is 5.32 Å². The predicted octanol–water partition coefficient (Wildman–Crippen LogP) is 4.78. The topological polar surface area (TPSA) is 78.8 Å². The number of nitrogens with one attached hydrogen (secondary N) is 1. The van der Waals surface area contributed by atoms with Crippen LogP contribution in [0.25, 0.3) is 5.57 Å². The monoisotopic (exact) mass is 469 g/mol. The number of halogens is 1. The number of benzene rings is 2. The van der Waals surface area contributed by atoms with Crippen LogP contribution in [0.1, 0.15) is 43.4 Å².